The van der Waals surface area contributed by atoms with Crippen LogP contribution in [0, 0.1) is 11.6 Å². The van der Waals surface area contributed by atoms with Gasteiger partial charge in [-0.25, -0.2) is 8.78 Å². The summed E-state index contributed by atoms with van der Waals surface area (Å²) in [5.41, 5.74) is 1.49. The molecule has 0 saturated heterocycles. The largest absolute Gasteiger partial charge is 0.494 e. The molecular formula is C19H21F2NO2. The second-order valence-electron chi connectivity index (χ2n) is 5.50. The Kier molecular flexibility index (Phi) is 6.29. The van der Waals surface area contributed by atoms with E-state index in [0.717, 1.165) is 23.4 Å². The third-order valence-corrected chi connectivity index (χ3v) is 3.72. The molecule has 0 bridgehead atoms. The number of nitrogens with one attached hydrogen (secondary N) is 1. The molecule has 0 fully saturated rings. The Morgan fingerprint density at radius 1 is 1.17 bits per heavy atom. The van der Waals surface area contributed by atoms with E-state index in [4.69, 9.17) is 4.74 Å². The van der Waals surface area contributed by atoms with Gasteiger partial charge in [-0.15, -0.1) is 0 Å². The van der Waals surface area contributed by atoms with Crippen molar-refractivity contribution in [2.75, 3.05) is 6.61 Å². The molecule has 1 unspecified atom stereocenters. The van der Waals surface area contributed by atoms with E-state index in [9.17, 15) is 13.6 Å². The predicted octanol–water partition coefficient (Wildman–Crippen LogP) is 4.17. The van der Waals surface area contributed by atoms with Crippen LogP contribution in [-0.2, 0) is 11.2 Å². The van der Waals surface area contributed by atoms with Crippen LogP contribution >= 0.6 is 0 Å². The van der Waals surface area contributed by atoms with Crippen LogP contribution in [0.25, 0.3) is 0 Å². The van der Waals surface area contributed by atoms with Crippen molar-refractivity contribution in [3.05, 3.63) is 65.2 Å². The minimum absolute atomic E-state index is 0.154. The Morgan fingerprint density at radius 2 is 1.92 bits per heavy atom. The molecule has 0 saturated carbocycles. The maximum absolute atomic E-state index is 13.3. The van der Waals surface area contributed by atoms with E-state index in [0.29, 0.717) is 18.6 Å². The third kappa shape index (κ3) is 4.78. The zero-order valence-electron chi connectivity index (χ0n) is 13.8. The topological polar surface area (TPSA) is 38.3 Å². The van der Waals surface area contributed by atoms with Gasteiger partial charge in [-0.1, -0.05) is 24.3 Å². The van der Waals surface area contributed by atoms with Crippen LogP contribution in [0.3, 0.4) is 0 Å². The summed E-state index contributed by atoms with van der Waals surface area (Å²) in [4.78, 5) is 12.1. The van der Waals surface area contributed by atoms with E-state index in [-0.39, 0.29) is 12.3 Å². The van der Waals surface area contributed by atoms with Gasteiger partial charge < -0.3 is 10.1 Å². The Labute approximate surface area is 140 Å². The van der Waals surface area contributed by atoms with Gasteiger partial charge in [0.25, 0.3) is 0 Å². The zero-order valence-corrected chi connectivity index (χ0v) is 13.8. The van der Waals surface area contributed by atoms with E-state index in [1.807, 2.05) is 31.2 Å². The predicted molar refractivity (Wildman–Crippen MR) is 88.8 cm³/mol. The van der Waals surface area contributed by atoms with Crippen LogP contribution in [0.1, 0.15) is 37.4 Å². The normalized spacial score (nSPS) is 11.8. The summed E-state index contributed by atoms with van der Waals surface area (Å²) in [5, 5.41) is 2.80. The quantitative estimate of drug-likeness (QED) is 0.826. The number of hydrogen-bond donors (Lipinski definition) is 1. The van der Waals surface area contributed by atoms with Crippen molar-refractivity contribution in [1.29, 1.82) is 0 Å². The molecule has 24 heavy (non-hydrogen) atoms. The summed E-state index contributed by atoms with van der Waals surface area (Å²) >= 11 is 0. The fraction of sp³-hybridized carbons (Fsp3) is 0.316. The molecule has 3 nitrogen and oxygen atoms in total. The van der Waals surface area contributed by atoms with Gasteiger partial charge in [0.2, 0.25) is 5.91 Å². The van der Waals surface area contributed by atoms with Crippen molar-refractivity contribution in [2.45, 2.75) is 32.7 Å². The first-order chi connectivity index (χ1) is 11.5. The molecule has 128 valence electrons. The van der Waals surface area contributed by atoms with Crippen molar-refractivity contribution < 1.29 is 18.3 Å². The lowest BCUT2D eigenvalue weighted by Crippen LogP contribution is -2.27. The van der Waals surface area contributed by atoms with Crippen LogP contribution in [-0.4, -0.2) is 12.5 Å². The molecule has 0 aliphatic heterocycles. The molecule has 5 heteroatoms. The van der Waals surface area contributed by atoms with E-state index in [1.165, 1.54) is 6.07 Å². The first-order valence-electron chi connectivity index (χ1n) is 7.96. The molecule has 0 spiro atoms. The number of ether oxygens (including phenoxy) is 1. The fourth-order valence-electron chi connectivity index (χ4n) is 2.43. The molecule has 0 aliphatic carbocycles. The monoisotopic (exact) mass is 333 g/mol. The molecule has 0 heterocycles. The van der Waals surface area contributed by atoms with Crippen molar-refractivity contribution in [3.63, 3.8) is 0 Å². The number of carbonyl (C=O) groups excluding carboxylic acids is 1. The van der Waals surface area contributed by atoms with Crippen molar-refractivity contribution in [3.8, 4) is 5.75 Å². The van der Waals surface area contributed by atoms with E-state index < -0.39 is 17.7 Å². The average molecular weight is 333 g/mol. The number of halogens is 2. The first-order valence-corrected chi connectivity index (χ1v) is 7.96. The third-order valence-electron chi connectivity index (χ3n) is 3.72. The Balaban J connectivity index is 1.92. The minimum atomic E-state index is -0.917. The number of aryl methyl sites for hydroxylation is 1. The highest BCUT2D eigenvalue weighted by Crippen LogP contribution is 2.20. The average Bonchev–Trinajstić information content (AvgIpc) is 2.56. The second kappa shape index (κ2) is 8.43. The molecule has 0 radical (unpaired) electrons. The van der Waals surface area contributed by atoms with Gasteiger partial charge in [0.1, 0.15) is 5.75 Å². The second-order valence-corrected chi connectivity index (χ2v) is 5.50. The van der Waals surface area contributed by atoms with Gasteiger partial charge in [-0.2, -0.15) is 0 Å². The number of para-hydroxylation sites is 1. The lowest BCUT2D eigenvalue weighted by molar-refractivity contribution is -0.121. The zero-order chi connectivity index (χ0) is 17.5. The van der Waals surface area contributed by atoms with E-state index in [1.54, 1.807) is 6.92 Å². The molecule has 2 rings (SSSR count). The number of carbonyl (C=O) groups is 1. The van der Waals surface area contributed by atoms with E-state index >= 15 is 0 Å². The molecule has 0 aliphatic rings. The Morgan fingerprint density at radius 3 is 2.62 bits per heavy atom. The summed E-state index contributed by atoms with van der Waals surface area (Å²) in [6.07, 6.45) is 0.838. The van der Waals surface area contributed by atoms with Gasteiger partial charge >= 0.3 is 0 Å². The standard InChI is InChI=1S/C19H21F2NO2/c1-3-24-18-7-5-4-6-14(18)9-11-19(23)22-13(2)15-8-10-16(20)17(21)12-15/h4-8,10,12-13H,3,9,11H2,1-2H3,(H,22,23). The molecule has 1 N–H and O–H groups in total. The lowest BCUT2D eigenvalue weighted by atomic mass is 10.1. The number of rotatable bonds is 7. The fourth-order valence-corrected chi connectivity index (χ4v) is 2.43. The molecule has 0 aromatic heterocycles. The van der Waals surface area contributed by atoms with Gasteiger partial charge in [0.05, 0.1) is 12.6 Å². The molecular weight excluding hydrogens is 312 g/mol. The lowest BCUT2D eigenvalue weighted by Gasteiger charge is -2.15. The number of hydrogen-bond acceptors (Lipinski definition) is 2. The molecule has 1 atom stereocenters. The number of amides is 1. The van der Waals surface area contributed by atoms with Crippen LogP contribution in [0.4, 0.5) is 8.78 Å². The molecule has 2 aromatic rings. The van der Waals surface area contributed by atoms with Crippen molar-refractivity contribution in [1.82, 2.24) is 5.32 Å². The Hall–Kier alpha value is -2.43. The minimum Gasteiger partial charge on any atom is -0.494 e. The maximum Gasteiger partial charge on any atom is 0.220 e. The summed E-state index contributed by atoms with van der Waals surface area (Å²) < 4.78 is 31.8. The summed E-state index contributed by atoms with van der Waals surface area (Å²) in [6.45, 7) is 4.21. The summed E-state index contributed by atoms with van der Waals surface area (Å²) in [6, 6.07) is 10.8. The maximum atomic E-state index is 13.3. The summed E-state index contributed by atoms with van der Waals surface area (Å²) in [7, 11) is 0. The van der Waals surface area contributed by atoms with Crippen LogP contribution in [0.5, 0.6) is 5.75 Å². The van der Waals surface area contributed by atoms with Crippen molar-refractivity contribution >= 4 is 5.91 Å². The highest BCUT2D eigenvalue weighted by Gasteiger charge is 2.13. The van der Waals surface area contributed by atoms with Crippen LogP contribution in [0.2, 0.25) is 0 Å². The van der Waals surface area contributed by atoms with Gasteiger partial charge in [-0.3, -0.25) is 4.79 Å². The van der Waals surface area contributed by atoms with Crippen molar-refractivity contribution in [2.24, 2.45) is 0 Å². The first kappa shape index (κ1) is 17.9. The highest BCUT2D eigenvalue weighted by molar-refractivity contribution is 5.76. The van der Waals surface area contributed by atoms with Crippen LogP contribution in [0.15, 0.2) is 42.5 Å². The van der Waals surface area contributed by atoms with Gasteiger partial charge in [0.15, 0.2) is 11.6 Å². The summed E-state index contributed by atoms with van der Waals surface area (Å²) in [5.74, 6) is -1.19. The molecule has 1 amide bonds. The SMILES string of the molecule is CCOc1ccccc1CCC(=O)NC(C)c1ccc(F)c(F)c1. The highest BCUT2D eigenvalue weighted by atomic mass is 19.2. The molecule has 2 aromatic carbocycles. The smallest absolute Gasteiger partial charge is 0.220 e. The van der Waals surface area contributed by atoms with Gasteiger partial charge in [0, 0.05) is 6.42 Å². The Bertz CT molecular complexity index is 704. The van der Waals surface area contributed by atoms with Gasteiger partial charge in [-0.05, 0) is 49.6 Å². The van der Waals surface area contributed by atoms with E-state index in [2.05, 4.69) is 5.32 Å². The number of benzene rings is 2. The van der Waals surface area contributed by atoms with Crippen LogP contribution < -0.4 is 10.1 Å².